The van der Waals surface area contributed by atoms with Crippen LogP contribution < -0.4 is 4.74 Å². The Kier molecular flexibility index (Phi) is 5.24. The molecule has 0 N–H and O–H groups in total. The molecule has 1 aromatic carbocycles. The van der Waals surface area contributed by atoms with Crippen molar-refractivity contribution in [3.8, 4) is 5.75 Å². The molecule has 0 aliphatic heterocycles. The summed E-state index contributed by atoms with van der Waals surface area (Å²) in [7, 11) is 0. The molecule has 18 heavy (non-hydrogen) atoms. The van der Waals surface area contributed by atoms with Gasteiger partial charge >= 0.3 is 0 Å². The maximum atomic E-state index is 10.4. The van der Waals surface area contributed by atoms with Crippen LogP contribution in [0.2, 0.25) is 0 Å². The third-order valence-electron chi connectivity index (χ3n) is 3.59. The van der Waals surface area contributed by atoms with Gasteiger partial charge < -0.3 is 9.53 Å². The molecule has 0 heterocycles. The largest absolute Gasteiger partial charge is 0.490 e. The van der Waals surface area contributed by atoms with E-state index in [1.807, 2.05) is 24.3 Å². The first-order valence-corrected chi connectivity index (χ1v) is 7.43. The molecule has 1 saturated carbocycles. The maximum absolute atomic E-state index is 10.4. The van der Waals surface area contributed by atoms with Crippen LogP contribution in [0.25, 0.3) is 0 Å². The molecular weight excluding hydrogens is 292 g/mol. The van der Waals surface area contributed by atoms with Crippen LogP contribution in [0.5, 0.6) is 5.75 Å². The standard InChI is InChI=1S/C15H19BrO2/c16-13-4-1-5-15(11-13)18-14-8-6-12(7-9-14)3-2-10-17/h1,4-5,10-12,14H,2-3,6-9H2. The quantitative estimate of drug-likeness (QED) is 0.755. The zero-order valence-corrected chi connectivity index (χ0v) is 12.1. The lowest BCUT2D eigenvalue weighted by Gasteiger charge is -2.28. The molecule has 2 nitrogen and oxygen atoms in total. The highest BCUT2D eigenvalue weighted by molar-refractivity contribution is 9.10. The van der Waals surface area contributed by atoms with Crippen molar-refractivity contribution in [1.82, 2.24) is 0 Å². The topological polar surface area (TPSA) is 26.3 Å². The third-order valence-corrected chi connectivity index (χ3v) is 4.08. The minimum absolute atomic E-state index is 0.340. The van der Waals surface area contributed by atoms with Crippen LogP contribution in [-0.2, 0) is 4.79 Å². The van der Waals surface area contributed by atoms with Crippen molar-refractivity contribution < 1.29 is 9.53 Å². The van der Waals surface area contributed by atoms with Crippen molar-refractivity contribution in [1.29, 1.82) is 0 Å². The Morgan fingerprint density at radius 3 is 2.72 bits per heavy atom. The Labute approximate surface area is 117 Å². The van der Waals surface area contributed by atoms with Gasteiger partial charge in [0.1, 0.15) is 12.0 Å². The minimum Gasteiger partial charge on any atom is -0.490 e. The van der Waals surface area contributed by atoms with Crippen molar-refractivity contribution >= 4 is 22.2 Å². The highest BCUT2D eigenvalue weighted by Crippen LogP contribution is 2.30. The van der Waals surface area contributed by atoms with E-state index < -0.39 is 0 Å². The van der Waals surface area contributed by atoms with Gasteiger partial charge in [-0.05, 0) is 56.2 Å². The summed E-state index contributed by atoms with van der Waals surface area (Å²) >= 11 is 3.45. The first kappa shape index (κ1) is 13.6. The monoisotopic (exact) mass is 310 g/mol. The molecule has 0 atom stereocenters. The SMILES string of the molecule is O=CCCC1CCC(Oc2cccc(Br)c2)CC1. The van der Waals surface area contributed by atoms with Crippen molar-refractivity contribution in [2.75, 3.05) is 0 Å². The van der Waals surface area contributed by atoms with E-state index in [2.05, 4.69) is 15.9 Å². The van der Waals surface area contributed by atoms with Crippen LogP contribution in [0.15, 0.2) is 28.7 Å². The van der Waals surface area contributed by atoms with Gasteiger partial charge in [-0.25, -0.2) is 0 Å². The number of aldehydes is 1. The van der Waals surface area contributed by atoms with Crippen LogP contribution in [0.3, 0.4) is 0 Å². The van der Waals surface area contributed by atoms with Gasteiger partial charge in [-0.2, -0.15) is 0 Å². The van der Waals surface area contributed by atoms with Crippen LogP contribution in [0.1, 0.15) is 38.5 Å². The fourth-order valence-corrected chi connectivity index (χ4v) is 2.95. The fraction of sp³-hybridized carbons (Fsp3) is 0.533. The molecule has 1 aliphatic carbocycles. The highest BCUT2D eigenvalue weighted by atomic mass is 79.9. The second-order valence-electron chi connectivity index (χ2n) is 4.96. The average Bonchev–Trinajstić information content (AvgIpc) is 2.38. The Balaban J connectivity index is 1.78. The second-order valence-corrected chi connectivity index (χ2v) is 5.88. The van der Waals surface area contributed by atoms with E-state index in [4.69, 9.17) is 4.74 Å². The number of carbonyl (C=O) groups is 1. The molecular formula is C15H19BrO2. The van der Waals surface area contributed by atoms with Crippen molar-refractivity contribution in [3.63, 3.8) is 0 Å². The molecule has 0 unspecified atom stereocenters. The number of carbonyl (C=O) groups excluding carboxylic acids is 1. The number of hydrogen-bond acceptors (Lipinski definition) is 2. The van der Waals surface area contributed by atoms with Gasteiger partial charge in [-0.1, -0.05) is 22.0 Å². The van der Waals surface area contributed by atoms with Crippen molar-refractivity contribution in [2.24, 2.45) is 5.92 Å². The van der Waals surface area contributed by atoms with Crippen LogP contribution in [0.4, 0.5) is 0 Å². The Bertz CT molecular complexity index is 384. The van der Waals surface area contributed by atoms with E-state index in [0.29, 0.717) is 12.5 Å². The molecule has 1 fully saturated rings. The minimum atomic E-state index is 0.340. The second kappa shape index (κ2) is 6.93. The summed E-state index contributed by atoms with van der Waals surface area (Å²) in [5, 5.41) is 0. The summed E-state index contributed by atoms with van der Waals surface area (Å²) < 4.78 is 7.04. The van der Waals surface area contributed by atoms with Gasteiger partial charge in [-0.15, -0.1) is 0 Å². The number of rotatable bonds is 5. The van der Waals surface area contributed by atoms with E-state index in [1.54, 1.807) is 0 Å². The molecule has 3 heteroatoms. The zero-order chi connectivity index (χ0) is 12.8. The van der Waals surface area contributed by atoms with E-state index in [9.17, 15) is 4.79 Å². The van der Waals surface area contributed by atoms with Gasteiger partial charge in [0.05, 0.1) is 6.10 Å². The molecule has 0 radical (unpaired) electrons. The van der Waals surface area contributed by atoms with Crippen LogP contribution >= 0.6 is 15.9 Å². The summed E-state index contributed by atoms with van der Waals surface area (Å²) in [6.07, 6.45) is 7.72. The lowest BCUT2D eigenvalue weighted by molar-refractivity contribution is -0.108. The Morgan fingerprint density at radius 1 is 1.28 bits per heavy atom. The smallest absolute Gasteiger partial charge is 0.120 e. The summed E-state index contributed by atoms with van der Waals surface area (Å²) in [4.78, 5) is 10.4. The molecule has 0 aromatic heterocycles. The first-order valence-electron chi connectivity index (χ1n) is 6.64. The highest BCUT2D eigenvalue weighted by Gasteiger charge is 2.21. The lowest BCUT2D eigenvalue weighted by Crippen LogP contribution is -2.24. The molecule has 2 rings (SSSR count). The number of hydrogen-bond donors (Lipinski definition) is 0. The zero-order valence-electron chi connectivity index (χ0n) is 10.5. The van der Waals surface area contributed by atoms with E-state index in [-0.39, 0.29) is 0 Å². The lowest BCUT2D eigenvalue weighted by atomic mass is 9.84. The normalized spacial score (nSPS) is 23.6. The van der Waals surface area contributed by atoms with Gasteiger partial charge in [0, 0.05) is 10.9 Å². The summed E-state index contributed by atoms with van der Waals surface area (Å²) in [5.74, 6) is 1.67. The van der Waals surface area contributed by atoms with Gasteiger partial charge in [0.2, 0.25) is 0 Å². The Morgan fingerprint density at radius 2 is 2.06 bits per heavy atom. The van der Waals surface area contributed by atoms with Gasteiger partial charge in [-0.3, -0.25) is 0 Å². The number of benzene rings is 1. The van der Waals surface area contributed by atoms with Crippen LogP contribution in [-0.4, -0.2) is 12.4 Å². The number of halogens is 1. The predicted octanol–water partition coefficient (Wildman–Crippen LogP) is 4.37. The molecule has 1 aliphatic rings. The number of ether oxygens (including phenoxy) is 1. The summed E-state index contributed by atoms with van der Waals surface area (Å²) in [6, 6.07) is 8.01. The first-order chi connectivity index (χ1) is 8.78. The summed E-state index contributed by atoms with van der Waals surface area (Å²) in [6.45, 7) is 0. The molecule has 0 amide bonds. The average molecular weight is 311 g/mol. The fourth-order valence-electron chi connectivity index (χ4n) is 2.57. The third kappa shape index (κ3) is 4.13. The van der Waals surface area contributed by atoms with Crippen LogP contribution in [0, 0.1) is 5.92 Å². The Hall–Kier alpha value is -0.830. The molecule has 1 aromatic rings. The molecule has 0 spiro atoms. The van der Waals surface area contributed by atoms with Crippen molar-refractivity contribution in [2.45, 2.75) is 44.6 Å². The maximum Gasteiger partial charge on any atom is 0.120 e. The summed E-state index contributed by atoms with van der Waals surface area (Å²) in [5.41, 5.74) is 0. The van der Waals surface area contributed by atoms with E-state index >= 15 is 0 Å². The van der Waals surface area contributed by atoms with Crippen molar-refractivity contribution in [3.05, 3.63) is 28.7 Å². The molecule has 0 bridgehead atoms. The molecule has 0 saturated heterocycles. The van der Waals surface area contributed by atoms with E-state index in [1.165, 1.54) is 12.8 Å². The van der Waals surface area contributed by atoms with E-state index in [0.717, 1.165) is 41.7 Å². The van der Waals surface area contributed by atoms with Gasteiger partial charge in [0.25, 0.3) is 0 Å². The predicted molar refractivity (Wildman–Crippen MR) is 75.8 cm³/mol. The van der Waals surface area contributed by atoms with Gasteiger partial charge in [0.15, 0.2) is 0 Å². The molecule has 98 valence electrons.